The van der Waals surface area contributed by atoms with Crippen LogP contribution in [0.15, 0.2) is 0 Å². The van der Waals surface area contributed by atoms with E-state index in [4.69, 9.17) is 0 Å². The van der Waals surface area contributed by atoms with Gasteiger partial charge in [-0.3, -0.25) is 5.10 Å². The average molecular weight is 263 g/mol. The number of rotatable bonds is 1. The molecule has 2 aliphatic heterocycles. The molecule has 0 bridgehead atoms. The first-order valence-electron chi connectivity index (χ1n) is 6.75. The van der Waals surface area contributed by atoms with Crippen molar-refractivity contribution in [2.75, 3.05) is 38.5 Å². The smallest absolute Gasteiger partial charge is 0.321 e. The summed E-state index contributed by atoms with van der Waals surface area (Å²) in [5.74, 6) is 0. The fourth-order valence-electron chi connectivity index (χ4n) is 3.39. The molecule has 0 saturated carbocycles. The van der Waals surface area contributed by atoms with Gasteiger partial charge < -0.3 is 15.1 Å². The Hall–Kier alpha value is -1.56. The summed E-state index contributed by atoms with van der Waals surface area (Å²) in [5, 5.41) is 9.96. The molecule has 6 heteroatoms. The average Bonchev–Trinajstić information content (AvgIpc) is 2.88. The largest absolute Gasteiger partial charge is 0.324 e. The van der Waals surface area contributed by atoms with Crippen molar-refractivity contribution in [2.24, 2.45) is 5.41 Å². The van der Waals surface area contributed by atoms with Crippen LogP contribution in [-0.2, 0) is 0 Å². The number of hydrogen-bond acceptors (Lipinski definition) is 3. The number of nitrogens with zero attached hydrogens (tertiary/aromatic N) is 3. The summed E-state index contributed by atoms with van der Waals surface area (Å²) in [6, 6.07) is -0.000900. The molecule has 3 rings (SSSR count). The van der Waals surface area contributed by atoms with Crippen LogP contribution in [0.2, 0.25) is 0 Å². The number of H-pyrrole nitrogens is 1. The predicted molar refractivity (Wildman–Crippen MR) is 73.2 cm³/mol. The SMILES string of the molecule is Cc1n[nH]c(C)c1NC(=O)N1CCC2(CN(C)C2)C1. The Morgan fingerprint density at radius 3 is 2.68 bits per heavy atom. The summed E-state index contributed by atoms with van der Waals surface area (Å²) in [4.78, 5) is 16.5. The summed E-state index contributed by atoms with van der Waals surface area (Å²) >= 11 is 0. The predicted octanol–water partition coefficient (Wildman–Crippen LogP) is 1.20. The van der Waals surface area contributed by atoms with Gasteiger partial charge in [-0.15, -0.1) is 0 Å². The van der Waals surface area contributed by atoms with Crippen LogP contribution in [0.5, 0.6) is 0 Å². The van der Waals surface area contributed by atoms with Crippen LogP contribution < -0.4 is 5.32 Å². The Kier molecular flexibility index (Phi) is 2.78. The lowest BCUT2D eigenvalue weighted by Gasteiger charge is -2.46. The molecule has 0 unspecified atom stereocenters. The second-order valence-electron chi connectivity index (χ2n) is 6.08. The van der Waals surface area contributed by atoms with Crippen molar-refractivity contribution >= 4 is 11.7 Å². The molecule has 2 N–H and O–H groups in total. The molecule has 1 aromatic rings. The number of nitrogens with one attached hydrogen (secondary N) is 2. The number of aromatic amines is 1. The maximum Gasteiger partial charge on any atom is 0.321 e. The van der Waals surface area contributed by atoms with Crippen molar-refractivity contribution in [3.8, 4) is 0 Å². The number of anilines is 1. The fourth-order valence-corrected chi connectivity index (χ4v) is 3.39. The number of amides is 2. The van der Waals surface area contributed by atoms with E-state index in [1.165, 1.54) is 0 Å². The quantitative estimate of drug-likeness (QED) is 0.800. The molecule has 19 heavy (non-hydrogen) atoms. The maximum atomic E-state index is 12.3. The summed E-state index contributed by atoms with van der Waals surface area (Å²) < 4.78 is 0. The minimum atomic E-state index is -0.000900. The monoisotopic (exact) mass is 263 g/mol. The highest BCUT2D eigenvalue weighted by Gasteiger charge is 2.47. The molecular formula is C13H21N5O. The molecule has 2 fully saturated rings. The molecule has 2 amide bonds. The first kappa shape index (κ1) is 12.5. The molecule has 2 aliphatic rings. The van der Waals surface area contributed by atoms with Gasteiger partial charge in [0.15, 0.2) is 0 Å². The van der Waals surface area contributed by atoms with Gasteiger partial charge in [0.25, 0.3) is 0 Å². The van der Waals surface area contributed by atoms with Crippen LogP contribution in [0.1, 0.15) is 17.8 Å². The number of likely N-dealkylation sites (tertiary alicyclic amines) is 2. The lowest BCUT2D eigenvalue weighted by atomic mass is 9.79. The Labute approximate surface area is 113 Å². The third-order valence-electron chi connectivity index (χ3n) is 4.30. The van der Waals surface area contributed by atoms with E-state index in [9.17, 15) is 4.79 Å². The van der Waals surface area contributed by atoms with Crippen LogP contribution in [0, 0.1) is 19.3 Å². The second kappa shape index (κ2) is 4.23. The van der Waals surface area contributed by atoms with Crippen LogP contribution in [0.3, 0.4) is 0 Å². The van der Waals surface area contributed by atoms with Crippen LogP contribution in [-0.4, -0.2) is 59.3 Å². The molecule has 0 aromatic carbocycles. The van der Waals surface area contributed by atoms with Crippen molar-refractivity contribution in [3.05, 3.63) is 11.4 Å². The van der Waals surface area contributed by atoms with Crippen molar-refractivity contribution in [1.29, 1.82) is 0 Å². The van der Waals surface area contributed by atoms with Gasteiger partial charge in [0, 0.05) is 31.6 Å². The van der Waals surface area contributed by atoms with Gasteiger partial charge in [0.2, 0.25) is 0 Å². The van der Waals surface area contributed by atoms with E-state index in [2.05, 4.69) is 27.5 Å². The third kappa shape index (κ3) is 2.10. The van der Waals surface area contributed by atoms with Gasteiger partial charge in [-0.2, -0.15) is 5.10 Å². The van der Waals surface area contributed by atoms with Crippen LogP contribution >= 0.6 is 0 Å². The topological polar surface area (TPSA) is 64.3 Å². The normalized spacial score (nSPS) is 21.7. The Balaban J connectivity index is 1.63. The van der Waals surface area contributed by atoms with Crippen molar-refractivity contribution in [3.63, 3.8) is 0 Å². The number of hydrogen-bond donors (Lipinski definition) is 2. The van der Waals surface area contributed by atoms with Gasteiger partial charge in [-0.05, 0) is 27.3 Å². The number of carbonyl (C=O) groups excluding carboxylic acids is 1. The molecular weight excluding hydrogens is 242 g/mol. The summed E-state index contributed by atoms with van der Waals surface area (Å²) in [6.07, 6.45) is 1.12. The van der Waals surface area contributed by atoms with E-state index >= 15 is 0 Å². The lowest BCUT2D eigenvalue weighted by Crippen LogP contribution is -2.55. The van der Waals surface area contributed by atoms with Gasteiger partial charge >= 0.3 is 6.03 Å². The van der Waals surface area contributed by atoms with E-state index in [-0.39, 0.29) is 6.03 Å². The number of carbonyl (C=O) groups is 1. The lowest BCUT2D eigenvalue weighted by molar-refractivity contribution is 0.0341. The first-order chi connectivity index (χ1) is 8.99. The minimum Gasteiger partial charge on any atom is -0.324 e. The second-order valence-corrected chi connectivity index (χ2v) is 6.08. The fraction of sp³-hybridized carbons (Fsp3) is 0.692. The number of aromatic nitrogens is 2. The van der Waals surface area contributed by atoms with E-state index in [1.54, 1.807) is 0 Å². The highest BCUT2D eigenvalue weighted by molar-refractivity contribution is 5.90. The van der Waals surface area contributed by atoms with E-state index in [0.29, 0.717) is 5.41 Å². The highest BCUT2D eigenvalue weighted by atomic mass is 16.2. The van der Waals surface area contributed by atoms with Crippen molar-refractivity contribution in [2.45, 2.75) is 20.3 Å². The van der Waals surface area contributed by atoms with E-state index in [0.717, 1.165) is 49.7 Å². The van der Waals surface area contributed by atoms with Crippen molar-refractivity contribution in [1.82, 2.24) is 20.0 Å². The van der Waals surface area contributed by atoms with Gasteiger partial charge in [0.05, 0.1) is 17.1 Å². The molecule has 0 atom stereocenters. The van der Waals surface area contributed by atoms with Crippen LogP contribution in [0.25, 0.3) is 0 Å². The molecule has 0 radical (unpaired) electrons. The molecule has 1 aromatic heterocycles. The number of aryl methyl sites for hydroxylation is 2. The first-order valence-corrected chi connectivity index (χ1v) is 6.75. The molecule has 3 heterocycles. The van der Waals surface area contributed by atoms with Gasteiger partial charge in [-0.25, -0.2) is 4.79 Å². The highest BCUT2D eigenvalue weighted by Crippen LogP contribution is 2.38. The molecule has 1 spiro atoms. The van der Waals surface area contributed by atoms with Gasteiger partial charge in [0.1, 0.15) is 0 Å². The standard InChI is InChI=1S/C13H21N5O/c1-9-11(10(2)16-15-9)14-12(19)18-5-4-13(8-18)6-17(3)7-13/h4-8H2,1-3H3,(H,14,19)(H,15,16). The third-order valence-corrected chi connectivity index (χ3v) is 4.30. The van der Waals surface area contributed by atoms with Crippen molar-refractivity contribution < 1.29 is 4.79 Å². The molecule has 0 aliphatic carbocycles. The Bertz CT molecular complexity index is 484. The number of urea groups is 1. The summed E-state index contributed by atoms with van der Waals surface area (Å²) in [5.41, 5.74) is 2.91. The Morgan fingerprint density at radius 1 is 1.37 bits per heavy atom. The zero-order chi connectivity index (χ0) is 13.6. The zero-order valence-corrected chi connectivity index (χ0v) is 11.8. The van der Waals surface area contributed by atoms with Crippen LogP contribution in [0.4, 0.5) is 10.5 Å². The summed E-state index contributed by atoms with van der Waals surface area (Å²) in [6.45, 7) is 7.77. The Morgan fingerprint density at radius 2 is 2.11 bits per heavy atom. The molecule has 2 saturated heterocycles. The molecule has 6 nitrogen and oxygen atoms in total. The molecule has 104 valence electrons. The van der Waals surface area contributed by atoms with E-state index < -0.39 is 0 Å². The minimum absolute atomic E-state index is 0.000900. The maximum absolute atomic E-state index is 12.3. The van der Waals surface area contributed by atoms with Gasteiger partial charge in [-0.1, -0.05) is 0 Å². The summed E-state index contributed by atoms with van der Waals surface area (Å²) in [7, 11) is 2.13. The van der Waals surface area contributed by atoms with E-state index in [1.807, 2.05) is 18.7 Å². The zero-order valence-electron chi connectivity index (χ0n) is 11.8.